The normalized spacial score (nSPS) is 20.4. The lowest BCUT2D eigenvalue weighted by Gasteiger charge is -2.34. The van der Waals surface area contributed by atoms with E-state index in [2.05, 4.69) is 22.8 Å². The van der Waals surface area contributed by atoms with Gasteiger partial charge in [-0.1, -0.05) is 6.07 Å². The van der Waals surface area contributed by atoms with Gasteiger partial charge in [-0.3, -0.25) is 0 Å². The molecule has 0 saturated carbocycles. The summed E-state index contributed by atoms with van der Waals surface area (Å²) in [5.41, 5.74) is -0.425. The van der Waals surface area contributed by atoms with Crippen LogP contribution < -0.4 is 5.32 Å². The van der Waals surface area contributed by atoms with Crippen LogP contribution in [-0.2, 0) is 11.2 Å². The van der Waals surface area contributed by atoms with Crippen molar-refractivity contribution in [2.45, 2.75) is 38.8 Å². The summed E-state index contributed by atoms with van der Waals surface area (Å²) in [4.78, 5) is 15.2. The minimum absolute atomic E-state index is 0.204. The zero-order chi connectivity index (χ0) is 13.9. The molecular weight excluding hydrogens is 260 g/mol. The van der Waals surface area contributed by atoms with Gasteiger partial charge in [-0.2, -0.15) is 0 Å². The smallest absolute Gasteiger partial charge is 0.410 e. The first kappa shape index (κ1) is 14.3. The van der Waals surface area contributed by atoms with E-state index in [4.69, 9.17) is 4.74 Å². The Hall–Kier alpha value is -1.07. The fraction of sp³-hybridized carbons (Fsp3) is 0.643. The van der Waals surface area contributed by atoms with Crippen molar-refractivity contribution < 1.29 is 9.53 Å². The van der Waals surface area contributed by atoms with Crippen molar-refractivity contribution in [1.82, 2.24) is 10.2 Å². The summed E-state index contributed by atoms with van der Waals surface area (Å²) in [5.74, 6) is 0. The van der Waals surface area contributed by atoms with Gasteiger partial charge in [-0.25, -0.2) is 4.79 Å². The van der Waals surface area contributed by atoms with Gasteiger partial charge in [0.05, 0.1) is 0 Å². The van der Waals surface area contributed by atoms with Crippen LogP contribution >= 0.6 is 11.3 Å². The molecule has 1 aromatic heterocycles. The molecule has 4 nitrogen and oxygen atoms in total. The summed E-state index contributed by atoms with van der Waals surface area (Å²) < 4.78 is 5.42. The highest BCUT2D eigenvalue weighted by molar-refractivity contribution is 7.09. The molecule has 1 aromatic rings. The first-order valence-corrected chi connectivity index (χ1v) is 7.56. The number of carbonyl (C=O) groups is 1. The van der Waals surface area contributed by atoms with Crippen molar-refractivity contribution in [2.24, 2.45) is 0 Å². The molecular formula is C14H22N2O2S. The fourth-order valence-corrected chi connectivity index (χ4v) is 2.91. The number of nitrogens with zero attached hydrogens (tertiary/aromatic N) is 1. The molecule has 2 heterocycles. The topological polar surface area (TPSA) is 41.6 Å². The van der Waals surface area contributed by atoms with E-state index < -0.39 is 5.60 Å². The Balaban J connectivity index is 1.88. The number of hydrogen-bond acceptors (Lipinski definition) is 4. The summed E-state index contributed by atoms with van der Waals surface area (Å²) in [5, 5.41) is 5.55. The maximum absolute atomic E-state index is 12.0. The number of carbonyl (C=O) groups excluding carboxylic acids is 1. The molecule has 1 aliphatic heterocycles. The second-order valence-corrected chi connectivity index (χ2v) is 6.89. The van der Waals surface area contributed by atoms with Gasteiger partial charge in [0.15, 0.2) is 0 Å². The van der Waals surface area contributed by atoms with E-state index in [-0.39, 0.29) is 6.09 Å². The van der Waals surface area contributed by atoms with Crippen molar-refractivity contribution in [3.63, 3.8) is 0 Å². The summed E-state index contributed by atoms with van der Waals surface area (Å²) in [6, 6.07) is 4.52. The van der Waals surface area contributed by atoms with Crippen LogP contribution in [0.1, 0.15) is 25.6 Å². The van der Waals surface area contributed by atoms with Crippen LogP contribution in [0.25, 0.3) is 0 Å². The molecule has 1 aliphatic rings. The maximum atomic E-state index is 12.0. The molecule has 1 N–H and O–H groups in total. The summed E-state index contributed by atoms with van der Waals surface area (Å²) in [7, 11) is 0. The van der Waals surface area contributed by atoms with Crippen LogP contribution in [-0.4, -0.2) is 42.3 Å². The fourth-order valence-electron chi connectivity index (χ4n) is 2.13. The molecule has 1 fully saturated rings. The summed E-state index contributed by atoms with van der Waals surface area (Å²) >= 11 is 1.76. The zero-order valence-electron chi connectivity index (χ0n) is 11.8. The Bertz CT molecular complexity index is 412. The number of ether oxygens (including phenoxy) is 1. The number of nitrogens with one attached hydrogen (secondary N) is 1. The van der Waals surface area contributed by atoms with Gasteiger partial charge in [0, 0.05) is 30.6 Å². The monoisotopic (exact) mass is 282 g/mol. The van der Waals surface area contributed by atoms with Gasteiger partial charge >= 0.3 is 6.09 Å². The van der Waals surface area contributed by atoms with E-state index in [9.17, 15) is 4.79 Å². The van der Waals surface area contributed by atoms with Gasteiger partial charge in [0.25, 0.3) is 0 Å². The summed E-state index contributed by atoms with van der Waals surface area (Å²) in [6.07, 6.45) is 0.766. The van der Waals surface area contributed by atoms with Crippen LogP contribution in [0.2, 0.25) is 0 Å². The van der Waals surface area contributed by atoms with Crippen molar-refractivity contribution in [2.75, 3.05) is 19.6 Å². The Kier molecular flexibility index (Phi) is 4.47. The second kappa shape index (κ2) is 5.92. The predicted octanol–water partition coefficient (Wildman–Crippen LogP) is 2.50. The third-order valence-corrected chi connectivity index (χ3v) is 3.83. The standard InChI is InChI=1S/C14H22N2O2S/c1-14(2,3)18-13(17)16-7-6-15-11(10-16)9-12-5-4-8-19-12/h4-5,8,11,15H,6-7,9-10H2,1-3H3/t11-/m0/s1. The molecule has 0 bridgehead atoms. The molecule has 1 amide bonds. The number of thiophene rings is 1. The summed E-state index contributed by atoms with van der Waals surface area (Å²) in [6.45, 7) is 7.96. The molecule has 0 unspecified atom stereocenters. The quantitative estimate of drug-likeness (QED) is 0.906. The number of amides is 1. The van der Waals surface area contributed by atoms with Gasteiger partial charge in [0.1, 0.15) is 5.60 Å². The lowest BCUT2D eigenvalue weighted by molar-refractivity contribution is 0.0196. The van der Waals surface area contributed by atoms with E-state index in [1.807, 2.05) is 20.8 Å². The van der Waals surface area contributed by atoms with Crippen LogP contribution in [0.5, 0.6) is 0 Å². The Labute approximate surface area is 118 Å². The van der Waals surface area contributed by atoms with Gasteiger partial charge in [-0.15, -0.1) is 11.3 Å². The molecule has 0 radical (unpaired) electrons. The van der Waals surface area contributed by atoms with Crippen molar-refractivity contribution >= 4 is 17.4 Å². The molecule has 0 spiro atoms. The van der Waals surface area contributed by atoms with Crippen molar-refractivity contribution in [3.05, 3.63) is 22.4 Å². The highest BCUT2D eigenvalue weighted by Gasteiger charge is 2.27. The van der Waals surface area contributed by atoms with E-state index in [1.165, 1.54) is 4.88 Å². The molecule has 1 atom stereocenters. The van der Waals surface area contributed by atoms with E-state index in [0.29, 0.717) is 12.6 Å². The highest BCUT2D eigenvalue weighted by atomic mass is 32.1. The highest BCUT2D eigenvalue weighted by Crippen LogP contribution is 2.15. The van der Waals surface area contributed by atoms with Crippen LogP contribution in [0.15, 0.2) is 17.5 Å². The average Bonchev–Trinajstić information content (AvgIpc) is 2.80. The Morgan fingerprint density at radius 1 is 1.58 bits per heavy atom. The third kappa shape index (κ3) is 4.51. The molecule has 19 heavy (non-hydrogen) atoms. The number of piperazine rings is 1. The third-order valence-electron chi connectivity index (χ3n) is 2.93. The van der Waals surface area contributed by atoms with Crippen LogP contribution in [0.4, 0.5) is 4.79 Å². The van der Waals surface area contributed by atoms with E-state index >= 15 is 0 Å². The Morgan fingerprint density at radius 2 is 2.37 bits per heavy atom. The molecule has 0 aromatic carbocycles. The molecule has 1 saturated heterocycles. The minimum atomic E-state index is -0.425. The first-order chi connectivity index (χ1) is 8.94. The SMILES string of the molecule is CC(C)(C)OC(=O)N1CCN[C@@H](Cc2cccs2)C1. The minimum Gasteiger partial charge on any atom is -0.444 e. The Morgan fingerprint density at radius 3 is 3.00 bits per heavy atom. The number of rotatable bonds is 2. The zero-order valence-corrected chi connectivity index (χ0v) is 12.6. The maximum Gasteiger partial charge on any atom is 0.410 e. The van der Waals surface area contributed by atoms with Gasteiger partial charge in [-0.05, 0) is 38.6 Å². The average molecular weight is 282 g/mol. The van der Waals surface area contributed by atoms with Gasteiger partial charge < -0.3 is 15.0 Å². The van der Waals surface area contributed by atoms with Crippen LogP contribution in [0.3, 0.4) is 0 Å². The molecule has 5 heteroatoms. The largest absolute Gasteiger partial charge is 0.444 e. The van der Waals surface area contributed by atoms with Gasteiger partial charge in [0.2, 0.25) is 0 Å². The molecule has 0 aliphatic carbocycles. The first-order valence-electron chi connectivity index (χ1n) is 6.68. The lowest BCUT2D eigenvalue weighted by atomic mass is 10.1. The van der Waals surface area contributed by atoms with Crippen LogP contribution in [0, 0.1) is 0 Å². The van der Waals surface area contributed by atoms with E-state index in [0.717, 1.165) is 19.5 Å². The molecule has 106 valence electrons. The molecule has 2 rings (SSSR count). The van der Waals surface area contributed by atoms with Crippen molar-refractivity contribution in [3.8, 4) is 0 Å². The van der Waals surface area contributed by atoms with Crippen molar-refractivity contribution in [1.29, 1.82) is 0 Å². The second-order valence-electron chi connectivity index (χ2n) is 5.86. The number of hydrogen-bond donors (Lipinski definition) is 1. The predicted molar refractivity (Wildman–Crippen MR) is 77.6 cm³/mol. The lowest BCUT2D eigenvalue weighted by Crippen LogP contribution is -2.54. The van der Waals surface area contributed by atoms with E-state index in [1.54, 1.807) is 16.2 Å².